The first-order valence-electron chi connectivity index (χ1n) is 6.49. The Bertz CT molecular complexity index is 788. The molecule has 0 aliphatic heterocycles. The smallest absolute Gasteiger partial charge is 0.160 e. The molecule has 0 radical (unpaired) electrons. The number of nitrogens with zero attached hydrogens (tertiary/aromatic N) is 3. The predicted molar refractivity (Wildman–Crippen MR) is 85.2 cm³/mol. The molecule has 0 unspecified atom stereocenters. The molecule has 1 aromatic carbocycles. The van der Waals surface area contributed by atoms with Gasteiger partial charge in [-0.3, -0.25) is 0 Å². The number of fused-ring (bicyclic) bond motifs is 1. The van der Waals surface area contributed by atoms with Gasteiger partial charge in [-0.15, -0.1) is 11.6 Å². The van der Waals surface area contributed by atoms with Crippen LogP contribution in [0.15, 0.2) is 41.0 Å². The third kappa shape index (κ3) is 2.94. The monoisotopic (exact) mass is 367 g/mol. The molecular formula is C15H12BrClFN3. The van der Waals surface area contributed by atoms with E-state index in [1.165, 1.54) is 6.07 Å². The summed E-state index contributed by atoms with van der Waals surface area (Å²) in [5.74, 6) is 1.05. The van der Waals surface area contributed by atoms with Crippen molar-refractivity contribution < 1.29 is 4.39 Å². The van der Waals surface area contributed by atoms with Gasteiger partial charge in [-0.2, -0.15) is 0 Å². The van der Waals surface area contributed by atoms with Gasteiger partial charge in [0.05, 0.1) is 6.54 Å². The van der Waals surface area contributed by atoms with E-state index < -0.39 is 0 Å². The van der Waals surface area contributed by atoms with Gasteiger partial charge < -0.3 is 4.57 Å². The van der Waals surface area contributed by atoms with Crippen LogP contribution in [-0.4, -0.2) is 20.4 Å². The van der Waals surface area contributed by atoms with Crippen molar-refractivity contribution in [3.8, 4) is 0 Å². The Hall–Kier alpha value is -1.46. The van der Waals surface area contributed by atoms with Crippen LogP contribution in [0, 0.1) is 5.82 Å². The molecule has 0 saturated carbocycles. The molecular weight excluding hydrogens is 357 g/mol. The summed E-state index contributed by atoms with van der Waals surface area (Å²) in [5, 5.41) is 0. The molecule has 21 heavy (non-hydrogen) atoms. The molecule has 2 aromatic heterocycles. The maximum atomic E-state index is 13.9. The molecule has 3 aromatic rings. The number of aromatic nitrogens is 3. The molecule has 0 saturated heterocycles. The highest BCUT2D eigenvalue weighted by atomic mass is 79.9. The summed E-state index contributed by atoms with van der Waals surface area (Å²) in [5.41, 5.74) is 2.12. The Balaban J connectivity index is 2.11. The van der Waals surface area contributed by atoms with Crippen LogP contribution in [0.1, 0.15) is 11.4 Å². The molecule has 3 rings (SSSR count). The quantitative estimate of drug-likeness (QED) is 0.647. The number of imidazole rings is 1. The summed E-state index contributed by atoms with van der Waals surface area (Å²) in [7, 11) is 0. The topological polar surface area (TPSA) is 30.7 Å². The van der Waals surface area contributed by atoms with Crippen LogP contribution in [0.4, 0.5) is 4.39 Å². The zero-order valence-electron chi connectivity index (χ0n) is 11.1. The van der Waals surface area contributed by atoms with E-state index in [4.69, 9.17) is 11.6 Å². The van der Waals surface area contributed by atoms with Crippen LogP contribution in [0.25, 0.3) is 11.2 Å². The lowest BCUT2D eigenvalue weighted by Gasteiger charge is -2.09. The second-order valence-electron chi connectivity index (χ2n) is 4.64. The fourth-order valence-corrected chi connectivity index (χ4v) is 2.76. The standard InChI is InChI=1S/C15H12BrClFN3/c16-11-7-13-15(19-8-11)21(14(20-13)5-6-17)9-10-3-1-2-4-12(10)18/h1-4,7-8H,5-6,9H2. The number of aryl methyl sites for hydroxylation is 1. The fraction of sp³-hybridized carbons (Fsp3) is 0.200. The fourth-order valence-electron chi connectivity index (χ4n) is 2.27. The van der Waals surface area contributed by atoms with Gasteiger partial charge >= 0.3 is 0 Å². The molecule has 6 heteroatoms. The predicted octanol–water partition coefficient (Wildman–Crippen LogP) is 4.16. The maximum Gasteiger partial charge on any atom is 0.160 e. The number of halogens is 3. The minimum Gasteiger partial charge on any atom is -0.308 e. The van der Waals surface area contributed by atoms with Crippen molar-refractivity contribution >= 4 is 38.7 Å². The molecule has 0 bridgehead atoms. The van der Waals surface area contributed by atoms with Gasteiger partial charge in [-0.1, -0.05) is 18.2 Å². The molecule has 2 heterocycles. The molecule has 0 aliphatic rings. The van der Waals surface area contributed by atoms with Gasteiger partial charge in [-0.25, -0.2) is 14.4 Å². The largest absolute Gasteiger partial charge is 0.308 e. The summed E-state index contributed by atoms with van der Waals surface area (Å²) in [6.07, 6.45) is 2.33. The molecule has 108 valence electrons. The molecule has 0 fully saturated rings. The maximum absolute atomic E-state index is 13.9. The van der Waals surface area contributed by atoms with Gasteiger partial charge in [0.25, 0.3) is 0 Å². The molecule has 0 atom stereocenters. The SMILES string of the molecule is Fc1ccccc1Cn1c(CCCl)nc2cc(Br)cnc21. The Kier molecular flexibility index (Phi) is 4.22. The normalized spacial score (nSPS) is 11.2. The summed E-state index contributed by atoms with van der Waals surface area (Å²) in [6, 6.07) is 8.63. The first kappa shape index (κ1) is 14.5. The van der Waals surface area contributed by atoms with Crippen molar-refractivity contribution in [3.05, 3.63) is 58.2 Å². The van der Waals surface area contributed by atoms with E-state index in [9.17, 15) is 4.39 Å². The van der Waals surface area contributed by atoms with Crippen molar-refractivity contribution in [2.45, 2.75) is 13.0 Å². The average molecular weight is 369 g/mol. The zero-order chi connectivity index (χ0) is 14.8. The second kappa shape index (κ2) is 6.12. The van der Waals surface area contributed by atoms with Gasteiger partial charge in [0.15, 0.2) is 5.65 Å². The summed E-state index contributed by atoms with van der Waals surface area (Å²) >= 11 is 9.23. The zero-order valence-corrected chi connectivity index (χ0v) is 13.4. The Morgan fingerprint density at radius 1 is 1.29 bits per heavy atom. The van der Waals surface area contributed by atoms with Crippen molar-refractivity contribution in [2.75, 3.05) is 5.88 Å². The van der Waals surface area contributed by atoms with Crippen LogP contribution in [0.3, 0.4) is 0 Å². The Labute approximate surface area is 134 Å². The van der Waals surface area contributed by atoms with E-state index in [1.807, 2.05) is 16.7 Å². The van der Waals surface area contributed by atoms with Crippen LogP contribution < -0.4 is 0 Å². The van der Waals surface area contributed by atoms with E-state index in [2.05, 4.69) is 25.9 Å². The second-order valence-corrected chi connectivity index (χ2v) is 5.93. The van der Waals surface area contributed by atoms with Gasteiger partial charge in [-0.05, 0) is 28.1 Å². The molecule has 0 aliphatic carbocycles. The Morgan fingerprint density at radius 3 is 2.86 bits per heavy atom. The van der Waals surface area contributed by atoms with Gasteiger partial charge in [0, 0.05) is 28.5 Å². The van der Waals surface area contributed by atoms with Crippen LogP contribution in [0.2, 0.25) is 0 Å². The number of pyridine rings is 1. The van der Waals surface area contributed by atoms with E-state index in [0.717, 1.165) is 21.5 Å². The summed E-state index contributed by atoms with van der Waals surface area (Å²) < 4.78 is 16.7. The lowest BCUT2D eigenvalue weighted by Crippen LogP contribution is -2.08. The van der Waals surface area contributed by atoms with Crippen LogP contribution in [-0.2, 0) is 13.0 Å². The first-order valence-corrected chi connectivity index (χ1v) is 7.82. The lowest BCUT2D eigenvalue weighted by atomic mass is 10.2. The number of benzene rings is 1. The molecule has 0 N–H and O–H groups in total. The number of hydrogen-bond acceptors (Lipinski definition) is 2. The van der Waals surface area contributed by atoms with Crippen LogP contribution >= 0.6 is 27.5 Å². The van der Waals surface area contributed by atoms with Crippen molar-refractivity contribution in [1.29, 1.82) is 0 Å². The van der Waals surface area contributed by atoms with E-state index >= 15 is 0 Å². The third-order valence-electron chi connectivity index (χ3n) is 3.24. The summed E-state index contributed by atoms with van der Waals surface area (Å²) in [6.45, 7) is 0.393. The number of rotatable bonds is 4. The highest BCUT2D eigenvalue weighted by molar-refractivity contribution is 9.10. The minimum absolute atomic E-state index is 0.228. The molecule has 0 amide bonds. The van der Waals surface area contributed by atoms with Gasteiger partial charge in [0.2, 0.25) is 0 Å². The third-order valence-corrected chi connectivity index (χ3v) is 3.86. The highest BCUT2D eigenvalue weighted by Crippen LogP contribution is 2.21. The Morgan fingerprint density at radius 2 is 2.10 bits per heavy atom. The average Bonchev–Trinajstić information content (AvgIpc) is 2.79. The number of hydrogen-bond donors (Lipinski definition) is 0. The lowest BCUT2D eigenvalue weighted by molar-refractivity contribution is 0.597. The van der Waals surface area contributed by atoms with E-state index in [-0.39, 0.29) is 5.82 Å². The van der Waals surface area contributed by atoms with Crippen molar-refractivity contribution in [2.24, 2.45) is 0 Å². The van der Waals surface area contributed by atoms with E-state index in [0.29, 0.717) is 24.4 Å². The van der Waals surface area contributed by atoms with E-state index in [1.54, 1.807) is 18.3 Å². The van der Waals surface area contributed by atoms with Crippen molar-refractivity contribution in [1.82, 2.24) is 14.5 Å². The number of alkyl halides is 1. The van der Waals surface area contributed by atoms with Crippen LogP contribution in [0.5, 0.6) is 0 Å². The minimum atomic E-state index is -0.228. The van der Waals surface area contributed by atoms with Gasteiger partial charge in [0.1, 0.15) is 17.2 Å². The van der Waals surface area contributed by atoms with Crippen molar-refractivity contribution in [3.63, 3.8) is 0 Å². The molecule has 3 nitrogen and oxygen atoms in total. The summed E-state index contributed by atoms with van der Waals surface area (Å²) in [4.78, 5) is 8.95. The first-order chi connectivity index (χ1) is 10.2. The highest BCUT2D eigenvalue weighted by Gasteiger charge is 2.13. The molecule has 0 spiro atoms.